The molecule has 1 aromatic rings. The average molecular weight is 281 g/mol. The van der Waals surface area contributed by atoms with Crippen molar-refractivity contribution in [3.05, 3.63) is 17.7 Å². The molecule has 0 aliphatic carbocycles. The summed E-state index contributed by atoms with van der Waals surface area (Å²) in [5.41, 5.74) is 1.71. The number of rotatable bonds is 8. The largest absolute Gasteiger partial charge is 0.465 e. The second-order valence-corrected chi connectivity index (χ2v) is 5.37. The molecular formula is C15H27N3O2. The number of esters is 1. The molecule has 20 heavy (non-hydrogen) atoms. The van der Waals surface area contributed by atoms with E-state index in [0.717, 1.165) is 31.5 Å². The lowest BCUT2D eigenvalue weighted by atomic mass is 9.95. The summed E-state index contributed by atoms with van der Waals surface area (Å²) in [7, 11) is 1.81. The summed E-state index contributed by atoms with van der Waals surface area (Å²) in [6.45, 7) is 9.19. The number of ether oxygens (including phenoxy) is 1. The highest BCUT2D eigenvalue weighted by Gasteiger charge is 2.32. The maximum Gasteiger partial charge on any atom is 0.326 e. The second-order valence-electron chi connectivity index (χ2n) is 5.37. The number of nitrogens with zero attached hydrogens (tertiary/aromatic N) is 2. The molecule has 0 aliphatic heterocycles. The first-order valence-electron chi connectivity index (χ1n) is 7.29. The molecule has 1 aromatic heterocycles. The highest BCUT2D eigenvalue weighted by Crippen LogP contribution is 2.16. The molecule has 0 saturated carbocycles. The minimum atomic E-state index is -0.587. The number of carbonyl (C=O) groups excluding carboxylic acids is 1. The number of hydrogen-bond acceptors (Lipinski definition) is 4. The van der Waals surface area contributed by atoms with E-state index < -0.39 is 5.54 Å². The van der Waals surface area contributed by atoms with E-state index in [4.69, 9.17) is 4.74 Å². The number of nitrogens with one attached hydrogen (secondary N) is 1. The van der Waals surface area contributed by atoms with Crippen LogP contribution in [0.1, 0.15) is 44.5 Å². The Balaban J connectivity index is 2.42. The van der Waals surface area contributed by atoms with Crippen LogP contribution in [-0.4, -0.2) is 34.7 Å². The molecule has 1 heterocycles. The zero-order valence-corrected chi connectivity index (χ0v) is 13.3. The molecule has 0 spiro atoms. The van der Waals surface area contributed by atoms with Gasteiger partial charge >= 0.3 is 5.97 Å². The zero-order valence-electron chi connectivity index (χ0n) is 13.3. The van der Waals surface area contributed by atoms with Crippen LogP contribution in [0.3, 0.4) is 0 Å². The van der Waals surface area contributed by atoms with Gasteiger partial charge in [-0.3, -0.25) is 4.79 Å². The highest BCUT2D eigenvalue weighted by atomic mass is 16.5. The fourth-order valence-electron chi connectivity index (χ4n) is 2.15. The molecule has 1 N–H and O–H groups in total. The monoisotopic (exact) mass is 281 g/mol. The summed E-state index contributed by atoms with van der Waals surface area (Å²) in [6.07, 6.45) is 4.64. The van der Waals surface area contributed by atoms with Gasteiger partial charge in [0.1, 0.15) is 5.54 Å². The van der Waals surface area contributed by atoms with Crippen molar-refractivity contribution in [2.45, 2.75) is 59.0 Å². The van der Waals surface area contributed by atoms with Crippen molar-refractivity contribution in [1.29, 1.82) is 0 Å². The fraction of sp³-hybridized carbons (Fsp3) is 0.733. The van der Waals surface area contributed by atoms with Gasteiger partial charge in [0.05, 0.1) is 18.6 Å². The molecule has 0 saturated heterocycles. The van der Waals surface area contributed by atoms with Crippen LogP contribution >= 0.6 is 0 Å². The van der Waals surface area contributed by atoms with Gasteiger partial charge in [-0.25, -0.2) is 4.98 Å². The Kier molecular flexibility index (Phi) is 6.20. The normalized spacial score (nSPS) is 14.1. The molecule has 0 aliphatic rings. The summed E-state index contributed by atoms with van der Waals surface area (Å²) >= 11 is 0. The molecular weight excluding hydrogens is 254 g/mol. The first-order chi connectivity index (χ1) is 9.44. The van der Waals surface area contributed by atoms with E-state index in [1.165, 1.54) is 5.69 Å². The van der Waals surface area contributed by atoms with Gasteiger partial charge in [0.15, 0.2) is 0 Å². The van der Waals surface area contributed by atoms with Crippen molar-refractivity contribution in [2.75, 3.05) is 13.7 Å². The van der Waals surface area contributed by atoms with Gasteiger partial charge < -0.3 is 14.6 Å². The number of aromatic nitrogens is 2. The maximum atomic E-state index is 11.9. The maximum absolute atomic E-state index is 11.9. The number of likely N-dealkylation sites (N-methyl/N-ethyl adjacent to an activating group) is 1. The minimum absolute atomic E-state index is 0.169. The number of unbranched alkanes of at least 4 members (excludes halogenated alkanes) is 1. The molecule has 0 bridgehead atoms. The summed E-state index contributed by atoms with van der Waals surface area (Å²) in [5.74, 6) is -0.169. The second kappa shape index (κ2) is 7.43. The van der Waals surface area contributed by atoms with Gasteiger partial charge in [0.2, 0.25) is 0 Å². The van der Waals surface area contributed by atoms with Gasteiger partial charge in [-0.15, -0.1) is 0 Å². The molecule has 114 valence electrons. The van der Waals surface area contributed by atoms with Crippen molar-refractivity contribution in [3.8, 4) is 0 Å². The van der Waals surface area contributed by atoms with Crippen LogP contribution in [0.2, 0.25) is 0 Å². The summed E-state index contributed by atoms with van der Waals surface area (Å²) in [4.78, 5) is 16.2. The van der Waals surface area contributed by atoms with Crippen LogP contribution in [0.5, 0.6) is 0 Å². The van der Waals surface area contributed by atoms with E-state index in [1.54, 1.807) is 7.05 Å². The number of hydrogen-bond donors (Lipinski definition) is 1. The van der Waals surface area contributed by atoms with Gasteiger partial charge in [-0.2, -0.15) is 0 Å². The Morgan fingerprint density at radius 2 is 2.15 bits per heavy atom. The molecule has 0 fully saturated rings. The number of imidazole rings is 1. The molecule has 1 rings (SSSR count). The van der Waals surface area contributed by atoms with Crippen molar-refractivity contribution in [2.24, 2.45) is 0 Å². The van der Waals surface area contributed by atoms with Crippen LogP contribution in [0.15, 0.2) is 6.33 Å². The highest BCUT2D eigenvalue weighted by molar-refractivity contribution is 5.80. The third-order valence-electron chi connectivity index (χ3n) is 3.95. The molecule has 0 radical (unpaired) electrons. The minimum Gasteiger partial charge on any atom is -0.465 e. The van der Waals surface area contributed by atoms with Gasteiger partial charge in [-0.1, -0.05) is 0 Å². The van der Waals surface area contributed by atoms with Crippen molar-refractivity contribution < 1.29 is 9.53 Å². The third-order valence-corrected chi connectivity index (χ3v) is 3.95. The predicted molar refractivity (Wildman–Crippen MR) is 79.6 cm³/mol. The Morgan fingerprint density at radius 1 is 1.45 bits per heavy atom. The molecule has 5 nitrogen and oxygen atoms in total. The first-order valence-corrected chi connectivity index (χ1v) is 7.29. The van der Waals surface area contributed by atoms with E-state index in [1.807, 2.05) is 27.1 Å². The van der Waals surface area contributed by atoms with Crippen LogP contribution in [0, 0.1) is 13.8 Å². The summed E-state index contributed by atoms with van der Waals surface area (Å²) in [6, 6.07) is 0. The van der Waals surface area contributed by atoms with Crippen molar-refractivity contribution >= 4 is 5.97 Å². The third kappa shape index (κ3) is 4.07. The summed E-state index contributed by atoms with van der Waals surface area (Å²) in [5, 5.41) is 3.08. The SMILES string of the molecule is CCOC(=O)C(C)(CCCCn1cnc(C)c1C)NC. The summed E-state index contributed by atoms with van der Waals surface area (Å²) < 4.78 is 7.28. The molecule has 1 atom stereocenters. The lowest BCUT2D eigenvalue weighted by molar-refractivity contribution is -0.150. The first kappa shape index (κ1) is 16.7. The van der Waals surface area contributed by atoms with Gasteiger partial charge in [-0.05, 0) is 54.0 Å². The topological polar surface area (TPSA) is 56.2 Å². The average Bonchev–Trinajstić information content (AvgIpc) is 2.75. The Labute approximate surface area is 121 Å². The van der Waals surface area contributed by atoms with E-state index >= 15 is 0 Å². The smallest absolute Gasteiger partial charge is 0.326 e. The van der Waals surface area contributed by atoms with Crippen LogP contribution < -0.4 is 5.32 Å². The lowest BCUT2D eigenvalue weighted by Gasteiger charge is -2.26. The van der Waals surface area contributed by atoms with Crippen molar-refractivity contribution in [3.63, 3.8) is 0 Å². The number of carbonyl (C=O) groups is 1. The zero-order chi connectivity index (χ0) is 15.2. The Bertz CT molecular complexity index is 442. The van der Waals surface area contributed by atoms with Crippen LogP contribution in [0.25, 0.3) is 0 Å². The Hall–Kier alpha value is -1.36. The molecule has 1 unspecified atom stereocenters. The molecule has 0 amide bonds. The molecule has 0 aromatic carbocycles. The lowest BCUT2D eigenvalue weighted by Crippen LogP contribution is -2.48. The van der Waals surface area contributed by atoms with Crippen molar-refractivity contribution in [1.82, 2.24) is 14.9 Å². The Morgan fingerprint density at radius 3 is 2.65 bits per heavy atom. The van der Waals surface area contributed by atoms with E-state index in [9.17, 15) is 4.79 Å². The van der Waals surface area contributed by atoms with E-state index in [2.05, 4.69) is 21.8 Å². The van der Waals surface area contributed by atoms with Crippen LogP contribution in [0.4, 0.5) is 0 Å². The predicted octanol–water partition coefficient (Wildman–Crippen LogP) is 2.21. The standard InChI is InChI=1S/C15H27N3O2/c1-6-20-14(19)15(4,16-5)9-7-8-10-18-11-17-12(2)13(18)3/h11,16H,6-10H2,1-5H3. The fourth-order valence-corrected chi connectivity index (χ4v) is 2.15. The van der Waals surface area contributed by atoms with Crippen LogP contribution in [-0.2, 0) is 16.1 Å². The van der Waals surface area contributed by atoms with Gasteiger partial charge in [0, 0.05) is 12.2 Å². The molecule has 5 heteroatoms. The van der Waals surface area contributed by atoms with E-state index in [0.29, 0.717) is 6.61 Å². The quantitative estimate of drug-likeness (QED) is 0.586. The van der Waals surface area contributed by atoms with E-state index in [-0.39, 0.29) is 5.97 Å². The number of aryl methyl sites for hydroxylation is 2. The van der Waals surface area contributed by atoms with Gasteiger partial charge in [0.25, 0.3) is 0 Å².